The second-order valence-corrected chi connectivity index (χ2v) is 4.05. The Balaban J connectivity index is 2.67. The molecule has 15 heavy (non-hydrogen) atoms. The molecule has 0 aliphatic rings. The van der Waals surface area contributed by atoms with Crippen LogP contribution in [0.4, 0.5) is 0 Å². The highest BCUT2D eigenvalue weighted by atomic mass is 15.4. The summed E-state index contributed by atoms with van der Waals surface area (Å²) in [6.45, 7) is 4.14. The first-order valence-corrected chi connectivity index (χ1v) is 5.37. The Bertz CT molecular complexity index is 281. The molecule has 86 valence electrons. The fraction of sp³-hybridized carbons (Fsp3) is 0.800. The first-order chi connectivity index (χ1) is 7.15. The summed E-state index contributed by atoms with van der Waals surface area (Å²) in [6.07, 6.45) is 2.96. The van der Waals surface area contributed by atoms with Crippen molar-refractivity contribution in [3.63, 3.8) is 0 Å². The molecule has 0 radical (unpaired) electrons. The van der Waals surface area contributed by atoms with Gasteiger partial charge in [-0.2, -0.15) is 0 Å². The molecule has 1 rings (SSSR count). The third-order valence-electron chi connectivity index (χ3n) is 2.29. The monoisotopic (exact) mass is 211 g/mol. The van der Waals surface area contributed by atoms with Gasteiger partial charge in [0.1, 0.15) is 0 Å². The van der Waals surface area contributed by atoms with Gasteiger partial charge >= 0.3 is 0 Å². The van der Waals surface area contributed by atoms with Crippen LogP contribution in [-0.2, 0) is 7.05 Å². The maximum absolute atomic E-state index is 3.96. The van der Waals surface area contributed by atoms with Crippen LogP contribution in [0.1, 0.15) is 25.1 Å². The van der Waals surface area contributed by atoms with Crippen LogP contribution in [0, 0.1) is 0 Å². The molecule has 0 aromatic carbocycles. The van der Waals surface area contributed by atoms with Crippen molar-refractivity contribution in [1.82, 2.24) is 25.2 Å². The predicted octanol–water partition coefficient (Wildman–Crippen LogP) is 0.417. The number of likely N-dealkylation sites (N-methyl/N-ethyl adjacent to an activating group) is 1. The van der Waals surface area contributed by atoms with Crippen molar-refractivity contribution in [2.45, 2.75) is 19.4 Å². The summed E-state index contributed by atoms with van der Waals surface area (Å²) in [5.74, 6) is 0. The van der Waals surface area contributed by atoms with E-state index in [1.165, 1.54) is 0 Å². The Kier molecular flexibility index (Phi) is 4.71. The number of aryl methyl sites for hydroxylation is 1. The topological polar surface area (TPSA) is 46.0 Å². The zero-order chi connectivity index (χ0) is 11.3. The van der Waals surface area contributed by atoms with Gasteiger partial charge in [0.05, 0.1) is 17.9 Å². The van der Waals surface area contributed by atoms with Gasteiger partial charge in [-0.25, -0.2) is 0 Å². The third kappa shape index (κ3) is 3.60. The number of nitrogens with zero attached hydrogens (tertiary/aromatic N) is 4. The Morgan fingerprint density at radius 1 is 1.53 bits per heavy atom. The molecule has 1 unspecified atom stereocenters. The average molecular weight is 211 g/mol. The molecule has 0 aliphatic carbocycles. The first kappa shape index (κ1) is 12.1. The summed E-state index contributed by atoms with van der Waals surface area (Å²) in [4.78, 5) is 2.17. The lowest BCUT2D eigenvalue weighted by Gasteiger charge is -2.21. The molecule has 5 heteroatoms. The van der Waals surface area contributed by atoms with Crippen LogP contribution in [0.3, 0.4) is 0 Å². The zero-order valence-corrected chi connectivity index (χ0v) is 10.1. The molecule has 1 aromatic heterocycles. The molecule has 5 nitrogen and oxygen atoms in total. The van der Waals surface area contributed by atoms with Crippen LogP contribution in [0.15, 0.2) is 6.20 Å². The van der Waals surface area contributed by atoms with Crippen LogP contribution < -0.4 is 5.32 Å². The number of hydrogen-bond acceptors (Lipinski definition) is 4. The van der Waals surface area contributed by atoms with Gasteiger partial charge in [-0.3, -0.25) is 4.68 Å². The minimum Gasteiger partial charge on any atom is -0.308 e. The van der Waals surface area contributed by atoms with E-state index in [1.54, 1.807) is 0 Å². The van der Waals surface area contributed by atoms with Crippen molar-refractivity contribution >= 4 is 0 Å². The molecule has 0 saturated carbocycles. The number of aromatic nitrogens is 3. The summed E-state index contributed by atoms with van der Waals surface area (Å²) in [6, 6.07) is 0.306. The summed E-state index contributed by atoms with van der Waals surface area (Å²) < 4.78 is 1.83. The van der Waals surface area contributed by atoms with Crippen LogP contribution in [-0.4, -0.2) is 47.1 Å². The van der Waals surface area contributed by atoms with Crippen LogP contribution in [0.25, 0.3) is 0 Å². The van der Waals surface area contributed by atoms with Gasteiger partial charge < -0.3 is 10.2 Å². The summed E-state index contributed by atoms with van der Waals surface area (Å²) in [7, 11) is 6.08. The quantitative estimate of drug-likeness (QED) is 0.740. The largest absolute Gasteiger partial charge is 0.308 e. The van der Waals surface area contributed by atoms with Crippen molar-refractivity contribution in [2.24, 2.45) is 7.05 Å². The number of nitrogens with one attached hydrogen (secondary N) is 1. The summed E-state index contributed by atoms with van der Waals surface area (Å²) >= 11 is 0. The van der Waals surface area contributed by atoms with Crippen molar-refractivity contribution in [1.29, 1.82) is 0 Å². The van der Waals surface area contributed by atoms with Gasteiger partial charge in [0.15, 0.2) is 0 Å². The van der Waals surface area contributed by atoms with Crippen molar-refractivity contribution < 1.29 is 0 Å². The van der Waals surface area contributed by atoms with E-state index in [0.717, 1.165) is 25.2 Å². The van der Waals surface area contributed by atoms with Crippen molar-refractivity contribution in [3.8, 4) is 0 Å². The Morgan fingerprint density at radius 3 is 2.73 bits per heavy atom. The Labute approximate surface area is 91.5 Å². The second-order valence-electron chi connectivity index (χ2n) is 4.05. The lowest BCUT2D eigenvalue weighted by Crippen LogP contribution is -2.33. The van der Waals surface area contributed by atoms with E-state index >= 15 is 0 Å². The Morgan fingerprint density at radius 2 is 2.27 bits per heavy atom. The van der Waals surface area contributed by atoms with E-state index in [9.17, 15) is 0 Å². The maximum atomic E-state index is 3.96. The highest BCUT2D eigenvalue weighted by molar-refractivity contribution is 5.02. The van der Waals surface area contributed by atoms with E-state index < -0.39 is 0 Å². The first-order valence-electron chi connectivity index (χ1n) is 5.37. The van der Waals surface area contributed by atoms with Crippen molar-refractivity contribution in [2.75, 3.05) is 27.2 Å². The summed E-state index contributed by atoms with van der Waals surface area (Å²) in [5.41, 5.74) is 1.14. The normalized spacial score (nSPS) is 13.4. The molecule has 0 fully saturated rings. The molecule has 0 amide bonds. The van der Waals surface area contributed by atoms with Gasteiger partial charge in [0, 0.05) is 13.6 Å². The van der Waals surface area contributed by atoms with Gasteiger partial charge in [0.2, 0.25) is 0 Å². The highest BCUT2D eigenvalue weighted by Gasteiger charge is 2.15. The van der Waals surface area contributed by atoms with E-state index in [4.69, 9.17) is 0 Å². The fourth-order valence-electron chi connectivity index (χ4n) is 1.56. The third-order valence-corrected chi connectivity index (χ3v) is 2.29. The predicted molar refractivity (Wildman–Crippen MR) is 60.6 cm³/mol. The van der Waals surface area contributed by atoms with E-state index in [2.05, 4.69) is 41.5 Å². The molecule has 0 saturated heterocycles. The minimum atomic E-state index is 0.306. The maximum Gasteiger partial charge on any atom is 0.0766 e. The lowest BCUT2D eigenvalue weighted by atomic mass is 10.2. The van der Waals surface area contributed by atoms with E-state index in [1.807, 2.05) is 17.9 Å². The van der Waals surface area contributed by atoms with Gasteiger partial charge in [-0.05, 0) is 27.1 Å². The van der Waals surface area contributed by atoms with Crippen LogP contribution in [0.5, 0.6) is 0 Å². The number of hydrogen-bond donors (Lipinski definition) is 1. The van der Waals surface area contributed by atoms with Gasteiger partial charge in [0.25, 0.3) is 0 Å². The zero-order valence-electron chi connectivity index (χ0n) is 10.1. The smallest absolute Gasteiger partial charge is 0.0766 e. The van der Waals surface area contributed by atoms with Crippen LogP contribution in [0.2, 0.25) is 0 Å². The van der Waals surface area contributed by atoms with E-state index in [-0.39, 0.29) is 0 Å². The SMILES string of the molecule is CCCNC(CN(C)C)c1cnnn1C. The Hall–Kier alpha value is -0.940. The molecule has 0 bridgehead atoms. The molecule has 1 N–H and O–H groups in total. The summed E-state index contributed by atoms with van der Waals surface area (Å²) in [5, 5.41) is 11.4. The lowest BCUT2D eigenvalue weighted by molar-refractivity contribution is 0.332. The van der Waals surface area contributed by atoms with Gasteiger partial charge in [-0.15, -0.1) is 5.10 Å². The average Bonchev–Trinajstić information content (AvgIpc) is 2.58. The molecular formula is C10H21N5. The fourth-order valence-corrected chi connectivity index (χ4v) is 1.56. The highest BCUT2D eigenvalue weighted by Crippen LogP contribution is 2.10. The molecule has 1 atom stereocenters. The molecule has 1 heterocycles. The standard InChI is InChI=1S/C10H21N5/c1-5-6-11-9(8-14(2)3)10-7-12-13-15(10)4/h7,9,11H,5-6,8H2,1-4H3. The number of rotatable bonds is 6. The minimum absolute atomic E-state index is 0.306. The van der Waals surface area contributed by atoms with Crippen LogP contribution >= 0.6 is 0 Å². The van der Waals surface area contributed by atoms with E-state index in [0.29, 0.717) is 6.04 Å². The van der Waals surface area contributed by atoms with Crippen molar-refractivity contribution in [3.05, 3.63) is 11.9 Å². The van der Waals surface area contributed by atoms with Gasteiger partial charge in [-0.1, -0.05) is 12.1 Å². The molecule has 0 spiro atoms. The molecular weight excluding hydrogens is 190 g/mol. The molecule has 1 aromatic rings. The molecule has 0 aliphatic heterocycles. The second kappa shape index (κ2) is 5.82.